The van der Waals surface area contributed by atoms with Crippen molar-refractivity contribution >= 4 is 5.91 Å². The van der Waals surface area contributed by atoms with Crippen molar-refractivity contribution in [1.29, 1.82) is 0 Å². The first-order chi connectivity index (χ1) is 9.56. The van der Waals surface area contributed by atoms with Crippen LogP contribution in [0.3, 0.4) is 0 Å². The molecule has 0 spiro atoms. The highest BCUT2D eigenvalue weighted by atomic mass is 16.1. The minimum absolute atomic E-state index is 0.0551. The molecule has 1 heterocycles. The third-order valence-corrected chi connectivity index (χ3v) is 4.02. The number of likely N-dealkylation sites (tertiary alicyclic amines) is 1. The molecule has 20 heavy (non-hydrogen) atoms. The van der Waals surface area contributed by atoms with Crippen LogP contribution in [0.15, 0.2) is 18.2 Å². The van der Waals surface area contributed by atoms with E-state index in [4.69, 9.17) is 0 Å². The van der Waals surface area contributed by atoms with E-state index in [0.717, 1.165) is 29.8 Å². The second-order valence-electron chi connectivity index (χ2n) is 6.14. The summed E-state index contributed by atoms with van der Waals surface area (Å²) in [5.74, 6) is 0.557. The van der Waals surface area contributed by atoms with Gasteiger partial charge in [0.25, 0.3) is 5.91 Å². The number of hydrogen-bond acceptors (Lipinski definition) is 2. The van der Waals surface area contributed by atoms with E-state index in [2.05, 4.69) is 17.1 Å². The summed E-state index contributed by atoms with van der Waals surface area (Å²) >= 11 is 0. The molecule has 3 nitrogen and oxygen atoms in total. The zero-order valence-electron chi connectivity index (χ0n) is 12.9. The molecule has 1 aliphatic rings. The number of benzene rings is 1. The molecule has 1 saturated heterocycles. The van der Waals surface area contributed by atoms with Crippen molar-refractivity contribution in [1.82, 2.24) is 10.2 Å². The molecule has 2 rings (SSSR count). The topological polar surface area (TPSA) is 32.3 Å². The lowest BCUT2D eigenvalue weighted by Gasteiger charge is -2.20. The first-order valence-corrected chi connectivity index (χ1v) is 7.64. The van der Waals surface area contributed by atoms with Crippen LogP contribution in [0.5, 0.6) is 0 Å². The lowest BCUT2D eigenvalue weighted by atomic mass is 10.0. The Morgan fingerprint density at radius 3 is 2.70 bits per heavy atom. The fraction of sp³-hybridized carbons (Fsp3) is 0.588. The van der Waals surface area contributed by atoms with Crippen molar-refractivity contribution in [2.75, 3.05) is 26.2 Å². The van der Waals surface area contributed by atoms with Crippen molar-refractivity contribution < 1.29 is 4.79 Å². The molecule has 1 aromatic rings. The molecule has 1 atom stereocenters. The minimum atomic E-state index is 0.0551. The number of hydrogen-bond donors (Lipinski definition) is 1. The van der Waals surface area contributed by atoms with Crippen LogP contribution >= 0.6 is 0 Å². The maximum Gasteiger partial charge on any atom is 0.251 e. The highest BCUT2D eigenvalue weighted by molar-refractivity contribution is 5.95. The van der Waals surface area contributed by atoms with Gasteiger partial charge in [-0.3, -0.25) is 4.79 Å². The highest BCUT2D eigenvalue weighted by Crippen LogP contribution is 2.12. The summed E-state index contributed by atoms with van der Waals surface area (Å²) in [4.78, 5) is 14.7. The van der Waals surface area contributed by atoms with Gasteiger partial charge in [0, 0.05) is 18.7 Å². The monoisotopic (exact) mass is 274 g/mol. The van der Waals surface area contributed by atoms with Crippen molar-refractivity contribution in [2.24, 2.45) is 5.92 Å². The van der Waals surface area contributed by atoms with Crippen LogP contribution in [-0.4, -0.2) is 37.0 Å². The largest absolute Gasteiger partial charge is 0.352 e. The van der Waals surface area contributed by atoms with Crippen LogP contribution < -0.4 is 5.32 Å². The average Bonchev–Trinajstić information content (AvgIpc) is 2.91. The summed E-state index contributed by atoms with van der Waals surface area (Å²) in [7, 11) is 0. The van der Waals surface area contributed by atoms with Crippen molar-refractivity contribution in [2.45, 2.75) is 33.6 Å². The van der Waals surface area contributed by atoms with E-state index >= 15 is 0 Å². The lowest BCUT2D eigenvalue weighted by Crippen LogP contribution is -2.34. The van der Waals surface area contributed by atoms with Gasteiger partial charge >= 0.3 is 0 Å². The summed E-state index contributed by atoms with van der Waals surface area (Å²) in [6.07, 6.45) is 2.64. The van der Waals surface area contributed by atoms with Crippen LogP contribution in [0, 0.1) is 19.8 Å². The molecule has 0 radical (unpaired) electrons. The average molecular weight is 274 g/mol. The Balaban J connectivity index is 1.83. The molecule has 1 amide bonds. The molecule has 1 aromatic carbocycles. The van der Waals surface area contributed by atoms with Gasteiger partial charge in [0.05, 0.1) is 0 Å². The van der Waals surface area contributed by atoms with E-state index < -0.39 is 0 Å². The first kappa shape index (κ1) is 15.0. The van der Waals surface area contributed by atoms with Gasteiger partial charge in [-0.25, -0.2) is 0 Å². The quantitative estimate of drug-likeness (QED) is 0.895. The molecule has 0 saturated carbocycles. The van der Waals surface area contributed by atoms with Crippen molar-refractivity contribution in [3.05, 3.63) is 34.9 Å². The Morgan fingerprint density at radius 1 is 1.30 bits per heavy atom. The van der Waals surface area contributed by atoms with Gasteiger partial charge in [-0.05, 0) is 57.3 Å². The second-order valence-corrected chi connectivity index (χ2v) is 6.14. The summed E-state index contributed by atoms with van der Waals surface area (Å²) in [5, 5.41) is 3.08. The van der Waals surface area contributed by atoms with Crippen LogP contribution in [0.25, 0.3) is 0 Å². The predicted molar refractivity (Wildman–Crippen MR) is 83.1 cm³/mol. The molecule has 1 aliphatic heterocycles. The summed E-state index contributed by atoms with van der Waals surface area (Å²) in [6.45, 7) is 10.5. The molecule has 0 bridgehead atoms. The Kier molecular flexibility index (Phi) is 5.18. The van der Waals surface area contributed by atoms with Gasteiger partial charge in [0.1, 0.15) is 0 Å². The molecule has 1 fully saturated rings. The van der Waals surface area contributed by atoms with E-state index in [1.807, 2.05) is 32.0 Å². The van der Waals surface area contributed by atoms with Crippen LogP contribution in [0.1, 0.15) is 41.3 Å². The van der Waals surface area contributed by atoms with E-state index in [-0.39, 0.29) is 5.91 Å². The SMILES string of the molecule is Cc1ccc(C)c(C(=O)NCC(C)CN2CCCC2)c1. The molecule has 110 valence electrons. The molecule has 0 aliphatic carbocycles. The van der Waals surface area contributed by atoms with Crippen LogP contribution in [-0.2, 0) is 0 Å². The smallest absolute Gasteiger partial charge is 0.251 e. The first-order valence-electron chi connectivity index (χ1n) is 7.64. The van der Waals surface area contributed by atoms with E-state index in [9.17, 15) is 4.79 Å². The zero-order chi connectivity index (χ0) is 14.5. The summed E-state index contributed by atoms with van der Waals surface area (Å²) in [6, 6.07) is 6.02. The maximum atomic E-state index is 12.2. The van der Waals surface area contributed by atoms with E-state index in [1.54, 1.807) is 0 Å². The molecular formula is C17H26N2O. The Hall–Kier alpha value is -1.35. The third kappa shape index (κ3) is 4.07. The number of nitrogens with zero attached hydrogens (tertiary/aromatic N) is 1. The van der Waals surface area contributed by atoms with Gasteiger partial charge < -0.3 is 10.2 Å². The third-order valence-electron chi connectivity index (χ3n) is 4.02. The number of aryl methyl sites for hydroxylation is 2. The van der Waals surface area contributed by atoms with Gasteiger partial charge in [0.2, 0.25) is 0 Å². The van der Waals surface area contributed by atoms with Gasteiger partial charge in [-0.15, -0.1) is 0 Å². The fourth-order valence-corrected chi connectivity index (χ4v) is 2.81. The lowest BCUT2D eigenvalue weighted by molar-refractivity contribution is 0.0944. The minimum Gasteiger partial charge on any atom is -0.352 e. The van der Waals surface area contributed by atoms with Crippen LogP contribution in [0.4, 0.5) is 0 Å². The Labute approximate surface area is 122 Å². The number of carbonyl (C=O) groups is 1. The number of amides is 1. The Morgan fingerprint density at radius 2 is 2.00 bits per heavy atom. The normalized spacial score (nSPS) is 17.1. The number of rotatable bonds is 5. The van der Waals surface area contributed by atoms with Gasteiger partial charge in [0.15, 0.2) is 0 Å². The molecule has 1 unspecified atom stereocenters. The van der Waals surface area contributed by atoms with E-state index in [1.165, 1.54) is 25.9 Å². The predicted octanol–water partition coefficient (Wildman–Crippen LogP) is 2.77. The standard InChI is InChI=1S/C17H26N2O/c1-13-6-7-15(3)16(10-13)17(20)18-11-14(2)12-19-8-4-5-9-19/h6-7,10,14H,4-5,8-9,11-12H2,1-3H3,(H,18,20). The second kappa shape index (κ2) is 6.89. The van der Waals surface area contributed by atoms with E-state index in [0.29, 0.717) is 5.92 Å². The molecular weight excluding hydrogens is 248 g/mol. The van der Waals surface area contributed by atoms with Crippen molar-refractivity contribution in [3.8, 4) is 0 Å². The maximum absolute atomic E-state index is 12.2. The van der Waals surface area contributed by atoms with Gasteiger partial charge in [-0.1, -0.05) is 24.6 Å². The van der Waals surface area contributed by atoms with Crippen LogP contribution in [0.2, 0.25) is 0 Å². The zero-order valence-corrected chi connectivity index (χ0v) is 12.9. The number of carbonyl (C=O) groups excluding carboxylic acids is 1. The van der Waals surface area contributed by atoms with Gasteiger partial charge in [-0.2, -0.15) is 0 Å². The molecule has 3 heteroatoms. The summed E-state index contributed by atoms with van der Waals surface area (Å²) in [5.41, 5.74) is 2.98. The fourth-order valence-electron chi connectivity index (χ4n) is 2.81. The molecule has 1 N–H and O–H groups in total. The highest BCUT2D eigenvalue weighted by Gasteiger charge is 2.16. The van der Waals surface area contributed by atoms with Crippen molar-refractivity contribution in [3.63, 3.8) is 0 Å². The Bertz CT molecular complexity index is 464. The number of nitrogens with one attached hydrogen (secondary N) is 1. The molecule has 0 aromatic heterocycles. The summed E-state index contributed by atoms with van der Waals surface area (Å²) < 4.78 is 0.